The van der Waals surface area contributed by atoms with Crippen molar-refractivity contribution in [2.45, 2.75) is 25.8 Å². The third kappa shape index (κ3) is 4.20. The summed E-state index contributed by atoms with van der Waals surface area (Å²) in [6.07, 6.45) is 2.00. The Morgan fingerprint density at radius 3 is 2.75 bits per heavy atom. The van der Waals surface area contributed by atoms with Crippen LogP contribution in [-0.2, 0) is 9.53 Å². The third-order valence-corrected chi connectivity index (χ3v) is 4.20. The van der Waals surface area contributed by atoms with Crippen LogP contribution in [0.2, 0.25) is 0 Å². The standard InChI is InChI=1S/C18H17BrN2O3/c1-11-15(18(23)24-10-17(22)21-14-5-6-14)7-8-16(20-11)12-3-2-4-13(19)9-12/h2-4,7-9,14H,5-6,10H2,1H3,(H,21,22). The Morgan fingerprint density at radius 1 is 1.29 bits per heavy atom. The second kappa shape index (κ2) is 7.13. The second-order valence-corrected chi connectivity index (χ2v) is 6.67. The molecule has 0 spiro atoms. The van der Waals surface area contributed by atoms with E-state index in [-0.39, 0.29) is 18.6 Å². The maximum absolute atomic E-state index is 12.1. The number of pyridine rings is 1. The molecule has 1 aromatic heterocycles. The number of hydrogen-bond donors (Lipinski definition) is 1. The number of amides is 1. The number of aryl methyl sites for hydroxylation is 1. The molecule has 0 aliphatic heterocycles. The predicted octanol–water partition coefficient (Wildman–Crippen LogP) is 3.25. The van der Waals surface area contributed by atoms with E-state index in [0.717, 1.165) is 28.6 Å². The van der Waals surface area contributed by atoms with Crippen molar-refractivity contribution in [3.8, 4) is 11.3 Å². The third-order valence-electron chi connectivity index (χ3n) is 3.70. The first-order valence-electron chi connectivity index (χ1n) is 7.73. The maximum Gasteiger partial charge on any atom is 0.340 e. The normalized spacial score (nSPS) is 13.4. The molecule has 0 unspecified atom stereocenters. The maximum atomic E-state index is 12.1. The summed E-state index contributed by atoms with van der Waals surface area (Å²) in [6.45, 7) is 1.49. The van der Waals surface area contributed by atoms with Crippen LogP contribution in [0.5, 0.6) is 0 Å². The fraction of sp³-hybridized carbons (Fsp3) is 0.278. The van der Waals surface area contributed by atoms with Gasteiger partial charge in [-0.15, -0.1) is 0 Å². The summed E-state index contributed by atoms with van der Waals surface area (Å²) in [5, 5.41) is 2.77. The first-order chi connectivity index (χ1) is 11.5. The van der Waals surface area contributed by atoms with Crippen molar-refractivity contribution in [2.24, 2.45) is 0 Å². The van der Waals surface area contributed by atoms with Gasteiger partial charge in [-0.2, -0.15) is 0 Å². The molecule has 1 aliphatic carbocycles. The molecule has 1 aliphatic rings. The zero-order valence-corrected chi connectivity index (χ0v) is 14.8. The number of hydrogen-bond acceptors (Lipinski definition) is 4. The highest BCUT2D eigenvalue weighted by molar-refractivity contribution is 9.10. The van der Waals surface area contributed by atoms with Gasteiger partial charge in [-0.25, -0.2) is 4.79 Å². The van der Waals surface area contributed by atoms with Crippen LogP contribution in [0.15, 0.2) is 40.9 Å². The van der Waals surface area contributed by atoms with Crippen molar-refractivity contribution in [3.63, 3.8) is 0 Å². The van der Waals surface area contributed by atoms with Crippen LogP contribution < -0.4 is 5.32 Å². The minimum atomic E-state index is -0.535. The molecule has 2 aromatic rings. The Balaban J connectivity index is 1.67. The van der Waals surface area contributed by atoms with Crippen LogP contribution in [0, 0.1) is 6.92 Å². The molecule has 1 aromatic carbocycles. The number of halogens is 1. The van der Waals surface area contributed by atoms with Gasteiger partial charge in [-0.1, -0.05) is 28.1 Å². The van der Waals surface area contributed by atoms with E-state index in [9.17, 15) is 9.59 Å². The summed E-state index contributed by atoms with van der Waals surface area (Å²) in [6, 6.07) is 11.5. The summed E-state index contributed by atoms with van der Waals surface area (Å²) in [7, 11) is 0. The van der Waals surface area contributed by atoms with Crippen molar-refractivity contribution in [1.82, 2.24) is 10.3 Å². The molecular formula is C18H17BrN2O3. The minimum Gasteiger partial charge on any atom is -0.452 e. The molecule has 24 heavy (non-hydrogen) atoms. The van der Waals surface area contributed by atoms with Crippen LogP contribution in [0.1, 0.15) is 28.9 Å². The molecule has 0 saturated heterocycles. The molecule has 1 N–H and O–H groups in total. The van der Waals surface area contributed by atoms with Gasteiger partial charge in [0, 0.05) is 16.1 Å². The molecule has 5 nitrogen and oxygen atoms in total. The predicted molar refractivity (Wildman–Crippen MR) is 93.6 cm³/mol. The Morgan fingerprint density at radius 2 is 2.08 bits per heavy atom. The number of benzene rings is 1. The first kappa shape index (κ1) is 16.6. The summed E-state index contributed by atoms with van der Waals surface area (Å²) in [5.41, 5.74) is 2.67. The van der Waals surface area contributed by atoms with Crippen molar-refractivity contribution in [2.75, 3.05) is 6.61 Å². The average molecular weight is 389 g/mol. The zero-order valence-electron chi connectivity index (χ0n) is 13.2. The van der Waals surface area contributed by atoms with Crippen LogP contribution in [0.25, 0.3) is 11.3 Å². The van der Waals surface area contributed by atoms with Gasteiger partial charge in [0.05, 0.1) is 17.0 Å². The van der Waals surface area contributed by atoms with E-state index in [1.807, 2.05) is 24.3 Å². The quantitative estimate of drug-likeness (QED) is 0.798. The van der Waals surface area contributed by atoms with E-state index in [2.05, 4.69) is 26.2 Å². The van der Waals surface area contributed by atoms with E-state index in [0.29, 0.717) is 11.3 Å². The Kier molecular flexibility index (Phi) is 4.94. The van der Waals surface area contributed by atoms with Gasteiger partial charge in [-0.05, 0) is 44.0 Å². The van der Waals surface area contributed by atoms with Crippen LogP contribution in [0.3, 0.4) is 0 Å². The van der Waals surface area contributed by atoms with Crippen LogP contribution >= 0.6 is 15.9 Å². The van der Waals surface area contributed by atoms with Crippen LogP contribution in [-0.4, -0.2) is 29.5 Å². The number of ether oxygens (including phenoxy) is 1. The van der Waals surface area contributed by atoms with Gasteiger partial charge in [0.15, 0.2) is 6.61 Å². The van der Waals surface area contributed by atoms with Gasteiger partial charge in [0.25, 0.3) is 5.91 Å². The molecule has 1 amide bonds. The molecule has 0 radical (unpaired) electrons. The number of carbonyl (C=O) groups is 2. The van der Waals surface area contributed by atoms with E-state index < -0.39 is 5.97 Å². The van der Waals surface area contributed by atoms with Crippen LogP contribution in [0.4, 0.5) is 0 Å². The number of esters is 1. The summed E-state index contributed by atoms with van der Waals surface area (Å²) in [5.74, 6) is -0.797. The van der Waals surface area contributed by atoms with Gasteiger partial charge >= 0.3 is 5.97 Å². The number of nitrogens with zero attached hydrogens (tertiary/aromatic N) is 1. The molecule has 6 heteroatoms. The lowest BCUT2D eigenvalue weighted by Crippen LogP contribution is -2.30. The highest BCUT2D eigenvalue weighted by Gasteiger charge is 2.24. The summed E-state index contributed by atoms with van der Waals surface area (Å²) in [4.78, 5) is 28.2. The smallest absolute Gasteiger partial charge is 0.340 e. The number of carbonyl (C=O) groups excluding carboxylic acids is 2. The largest absolute Gasteiger partial charge is 0.452 e. The average Bonchev–Trinajstić information content (AvgIpc) is 3.36. The molecule has 3 rings (SSSR count). The monoisotopic (exact) mass is 388 g/mol. The van der Waals surface area contributed by atoms with E-state index >= 15 is 0 Å². The molecule has 1 fully saturated rings. The number of rotatable bonds is 5. The number of nitrogens with one attached hydrogen (secondary N) is 1. The van der Waals surface area contributed by atoms with Crippen molar-refractivity contribution in [3.05, 3.63) is 52.1 Å². The number of aromatic nitrogens is 1. The minimum absolute atomic E-state index is 0.254. The zero-order chi connectivity index (χ0) is 17.1. The lowest BCUT2D eigenvalue weighted by atomic mass is 10.1. The Hall–Kier alpha value is -2.21. The van der Waals surface area contributed by atoms with Crippen molar-refractivity contribution < 1.29 is 14.3 Å². The highest BCUT2D eigenvalue weighted by atomic mass is 79.9. The summed E-state index contributed by atoms with van der Waals surface area (Å²) >= 11 is 3.43. The highest BCUT2D eigenvalue weighted by Crippen LogP contribution is 2.23. The lowest BCUT2D eigenvalue weighted by molar-refractivity contribution is -0.124. The molecule has 124 valence electrons. The lowest BCUT2D eigenvalue weighted by Gasteiger charge is -2.09. The van der Waals surface area contributed by atoms with Gasteiger partial charge in [0.1, 0.15) is 0 Å². The molecule has 0 atom stereocenters. The van der Waals surface area contributed by atoms with Gasteiger partial charge in [-0.3, -0.25) is 9.78 Å². The fourth-order valence-corrected chi connectivity index (χ4v) is 2.69. The fourth-order valence-electron chi connectivity index (χ4n) is 2.29. The van der Waals surface area contributed by atoms with E-state index in [1.165, 1.54) is 0 Å². The van der Waals surface area contributed by atoms with Crippen molar-refractivity contribution in [1.29, 1.82) is 0 Å². The molecular weight excluding hydrogens is 372 g/mol. The second-order valence-electron chi connectivity index (χ2n) is 5.76. The van der Waals surface area contributed by atoms with Gasteiger partial charge < -0.3 is 10.1 Å². The topological polar surface area (TPSA) is 68.3 Å². The molecule has 1 heterocycles. The molecule has 0 bridgehead atoms. The van der Waals surface area contributed by atoms with Crippen molar-refractivity contribution >= 4 is 27.8 Å². The van der Waals surface area contributed by atoms with E-state index in [1.54, 1.807) is 19.1 Å². The Labute approximate surface area is 148 Å². The molecule has 1 saturated carbocycles. The summed E-state index contributed by atoms with van der Waals surface area (Å²) < 4.78 is 6.03. The first-order valence-corrected chi connectivity index (χ1v) is 8.52. The van der Waals surface area contributed by atoms with E-state index in [4.69, 9.17) is 4.74 Å². The Bertz CT molecular complexity index is 788. The van der Waals surface area contributed by atoms with Gasteiger partial charge in [0.2, 0.25) is 0 Å². The SMILES string of the molecule is Cc1nc(-c2cccc(Br)c2)ccc1C(=O)OCC(=O)NC1CC1.